The first-order valence-corrected chi connectivity index (χ1v) is 7.83. The summed E-state index contributed by atoms with van der Waals surface area (Å²) in [6.45, 7) is 2.03. The molecule has 104 valence electrons. The molecule has 2 aromatic carbocycles. The summed E-state index contributed by atoms with van der Waals surface area (Å²) in [6, 6.07) is 12.9. The molecule has 0 aliphatic heterocycles. The van der Waals surface area contributed by atoms with Crippen LogP contribution >= 0.6 is 31.9 Å². The minimum absolute atomic E-state index is 0.0427. The number of benzene rings is 2. The van der Waals surface area contributed by atoms with Crippen molar-refractivity contribution in [2.24, 2.45) is 0 Å². The maximum atomic E-state index is 11.0. The van der Waals surface area contributed by atoms with Gasteiger partial charge in [0.15, 0.2) is 0 Å². The van der Waals surface area contributed by atoms with Gasteiger partial charge in [-0.2, -0.15) is 0 Å². The number of nitro groups is 1. The minimum atomic E-state index is -0.331. The Labute approximate surface area is 134 Å². The first kappa shape index (κ1) is 15.2. The van der Waals surface area contributed by atoms with Crippen molar-refractivity contribution in [2.45, 2.75) is 18.2 Å². The summed E-state index contributed by atoms with van der Waals surface area (Å²) >= 11 is 7.16. The summed E-state index contributed by atoms with van der Waals surface area (Å²) in [7, 11) is 0. The Hall–Kier alpha value is -1.20. The number of hydrogen-bond acceptors (Lipinski definition) is 2. The summed E-state index contributed by atoms with van der Waals surface area (Å²) in [5.41, 5.74) is 3.19. The Morgan fingerprint density at radius 2 is 1.90 bits per heavy atom. The van der Waals surface area contributed by atoms with Crippen molar-refractivity contribution in [1.29, 1.82) is 0 Å². The number of para-hydroxylation sites is 1. The molecule has 0 aliphatic rings. The first-order valence-electron chi connectivity index (χ1n) is 6.12. The fraction of sp³-hybridized carbons (Fsp3) is 0.200. The Kier molecular flexibility index (Phi) is 4.94. The maximum absolute atomic E-state index is 11.0. The van der Waals surface area contributed by atoms with E-state index >= 15 is 0 Å². The molecule has 0 heterocycles. The second-order valence-corrected chi connectivity index (χ2v) is 6.47. The van der Waals surface area contributed by atoms with E-state index in [4.69, 9.17) is 0 Å². The van der Waals surface area contributed by atoms with E-state index in [9.17, 15) is 10.1 Å². The molecule has 0 amide bonds. The van der Waals surface area contributed by atoms with Crippen molar-refractivity contribution >= 4 is 37.5 Å². The summed E-state index contributed by atoms with van der Waals surface area (Å²) in [4.78, 5) is 10.8. The van der Waals surface area contributed by atoms with Gasteiger partial charge in [-0.3, -0.25) is 10.1 Å². The van der Waals surface area contributed by atoms with E-state index in [0.717, 1.165) is 21.2 Å². The van der Waals surface area contributed by atoms with Crippen molar-refractivity contribution in [2.75, 3.05) is 0 Å². The Balaban J connectivity index is 2.30. The molecule has 0 saturated carbocycles. The van der Waals surface area contributed by atoms with E-state index in [0.29, 0.717) is 6.42 Å². The molecule has 0 N–H and O–H groups in total. The SMILES string of the molecule is Cc1c(Br)cccc1C(Br)Cc1ccccc1[N+](=O)[O-]. The molecule has 0 aromatic heterocycles. The highest BCUT2D eigenvalue weighted by molar-refractivity contribution is 9.10. The van der Waals surface area contributed by atoms with Crippen LogP contribution in [0.25, 0.3) is 0 Å². The zero-order valence-electron chi connectivity index (χ0n) is 10.8. The summed E-state index contributed by atoms with van der Waals surface area (Å²) in [5.74, 6) is 0. The Morgan fingerprint density at radius 1 is 1.20 bits per heavy atom. The van der Waals surface area contributed by atoms with E-state index in [1.807, 2.05) is 31.2 Å². The molecule has 20 heavy (non-hydrogen) atoms. The van der Waals surface area contributed by atoms with Gasteiger partial charge in [0.25, 0.3) is 5.69 Å². The third kappa shape index (κ3) is 3.27. The van der Waals surface area contributed by atoms with Crippen LogP contribution in [-0.2, 0) is 6.42 Å². The fourth-order valence-electron chi connectivity index (χ4n) is 2.13. The normalized spacial score (nSPS) is 12.2. The van der Waals surface area contributed by atoms with Gasteiger partial charge in [-0.15, -0.1) is 0 Å². The lowest BCUT2D eigenvalue weighted by Crippen LogP contribution is -2.01. The molecular formula is C15H13Br2NO2. The van der Waals surface area contributed by atoms with E-state index in [1.165, 1.54) is 0 Å². The second kappa shape index (κ2) is 6.50. The van der Waals surface area contributed by atoms with Crippen LogP contribution < -0.4 is 0 Å². The molecule has 0 fully saturated rings. The summed E-state index contributed by atoms with van der Waals surface area (Å²) < 4.78 is 1.04. The number of nitrogens with zero attached hydrogens (tertiary/aromatic N) is 1. The standard InChI is InChI=1S/C15H13Br2NO2/c1-10-12(6-4-7-13(10)16)14(17)9-11-5-2-3-8-15(11)18(19)20/h2-8,14H,9H2,1H3. The average molecular weight is 399 g/mol. The number of halogens is 2. The molecule has 3 nitrogen and oxygen atoms in total. The third-order valence-corrected chi connectivity index (χ3v) is 4.91. The molecule has 0 bridgehead atoms. The van der Waals surface area contributed by atoms with Crippen LogP contribution in [0.3, 0.4) is 0 Å². The predicted molar refractivity (Wildman–Crippen MR) is 87.3 cm³/mol. The fourth-order valence-corrected chi connectivity index (χ4v) is 3.35. The Bertz CT molecular complexity index is 644. The zero-order valence-corrected chi connectivity index (χ0v) is 14.0. The Morgan fingerprint density at radius 3 is 2.60 bits per heavy atom. The van der Waals surface area contributed by atoms with Crippen LogP contribution in [0.15, 0.2) is 46.9 Å². The third-order valence-electron chi connectivity index (χ3n) is 3.23. The number of rotatable bonds is 4. The van der Waals surface area contributed by atoms with Crippen molar-refractivity contribution in [3.63, 3.8) is 0 Å². The van der Waals surface area contributed by atoms with Gasteiger partial charge in [0, 0.05) is 20.9 Å². The molecule has 0 radical (unpaired) electrons. The summed E-state index contributed by atoms with van der Waals surface area (Å²) in [6.07, 6.45) is 0.578. The highest BCUT2D eigenvalue weighted by Crippen LogP contribution is 2.34. The van der Waals surface area contributed by atoms with Gasteiger partial charge in [-0.05, 0) is 30.5 Å². The molecule has 0 spiro atoms. The van der Waals surface area contributed by atoms with E-state index in [2.05, 4.69) is 31.9 Å². The van der Waals surface area contributed by atoms with E-state index < -0.39 is 0 Å². The van der Waals surface area contributed by atoms with E-state index in [1.54, 1.807) is 18.2 Å². The first-order chi connectivity index (χ1) is 9.50. The van der Waals surface area contributed by atoms with Crippen molar-refractivity contribution < 1.29 is 4.92 Å². The van der Waals surface area contributed by atoms with Crippen LogP contribution in [0.2, 0.25) is 0 Å². The molecular weight excluding hydrogens is 386 g/mol. The van der Waals surface area contributed by atoms with Crippen LogP contribution in [0.5, 0.6) is 0 Å². The van der Waals surface area contributed by atoms with Gasteiger partial charge < -0.3 is 0 Å². The van der Waals surface area contributed by atoms with Crippen LogP contribution in [0, 0.1) is 17.0 Å². The number of alkyl halides is 1. The lowest BCUT2D eigenvalue weighted by molar-refractivity contribution is -0.385. The van der Waals surface area contributed by atoms with Gasteiger partial charge in [0.1, 0.15) is 0 Å². The highest BCUT2D eigenvalue weighted by atomic mass is 79.9. The van der Waals surface area contributed by atoms with E-state index in [-0.39, 0.29) is 15.4 Å². The number of nitro benzene ring substituents is 1. The molecule has 1 unspecified atom stereocenters. The monoisotopic (exact) mass is 397 g/mol. The van der Waals surface area contributed by atoms with Gasteiger partial charge in [-0.25, -0.2) is 0 Å². The van der Waals surface area contributed by atoms with Gasteiger partial charge in [-0.1, -0.05) is 62.2 Å². The van der Waals surface area contributed by atoms with Gasteiger partial charge in [0.05, 0.1) is 4.92 Å². The quantitative estimate of drug-likeness (QED) is 0.396. The van der Waals surface area contributed by atoms with Gasteiger partial charge >= 0.3 is 0 Å². The number of hydrogen-bond donors (Lipinski definition) is 0. The highest BCUT2D eigenvalue weighted by Gasteiger charge is 2.18. The average Bonchev–Trinajstić information content (AvgIpc) is 2.42. The zero-order chi connectivity index (χ0) is 14.7. The largest absolute Gasteiger partial charge is 0.272 e. The predicted octanol–water partition coefficient (Wildman–Crippen LogP) is 5.34. The van der Waals surface area contributed by atoms with Crippen LogP contribution in [0.1, 0.15) is 21.5 Å². The maximum Gasteiger partial charge on any atom is 0.272 e. The molecule has 1 atom stereocenters. The van der Waals surface area contributed by atoms with Crippen molar-refractivity contribution in [3.8, 4) is 0 Å². The summed E-state index contributed by atoms with van der Waals surface area (Å²) in [5, 5.41) is 11.0. The smallest absolute Gasteiger partial charge is 0.258 e. The van der Waals surface area contributed by atoms with Crippen LogP contribution in [0.4, 0.5) is 5.69 Å². The lowest BCUT2D eigenvalue weighted by atomic mass is 9.99. The molecule has 2 aromatic rings. The molecule has 2 rings (SSSR count). The second-order valence-electron chi connectivity index (χ2n) is 4.51. The minimum Gasteiger partial charge on any atom is -0.258 e. The van der Waals surface area contributed by atoms with Crippen LogP contribution in [-0.4, -0.2) is 4.92 Å². The molecule has 0 saturated heterocycles. The lowest BCUT2D eigenvalue weighted by Gasteiger charge is -2.14. The molecule has 5 heteroatoms. The van der Waals surface area contributed by atoms with Crippen molar-refractivity contribution in [1.82, 2.24) is 0 Å². The van der Waals surface area contributed by atoms with Gasteiger partial charge in [0.2, 0.25) is 0 Å². The molecule has 0 aliphatic carbocycles. The van der Waals surface area contributed by atoms with Crippen molar-refractivity contribution in [3.05, 3.63) is 73.7 Å². The topological polar surface area (TPSA) is 43.1 Å².